The summed E-state index contributed by atoms with van der Waals surface area (Å²) in [6.07, 6.45) is 7.83. The number of nitrogens with zero attached hydrogens (tertiary/aromatic N) is 3. The first-order valence-corrected chi connectivity index (χ1v) is 16.5. The van der Waals surface area contributed by atoms with E-state index in [0.29, 0.717) is 12.6 Å². The highest BCUT2D eigenvalue weighted by Gasteiger charge is 2.48. The number of hydrogen-bond acceptors (Lipinski definition) is 4. The lowest BCUT2D eigenvalue weighted by Gasteiger charge is -2.37. The third-order valence-corrected chi connectivity index (χ3v) is 10.5. The molecule has 3 aromatic rings. The Hall–Kier alpha value is -3.64. The smallest absolute Gasteiger partial charge is 0.254 e. The Morgan fingerprint density at radius 3 is 2.21 bits per heavy atom. The minimum atomic E-state index is -0.645. The minimum absolute atomic E-state index is 0.116. The van der Waals surface area contributed by atoms with E-state index in [1.165, 1.54) is 41.6 Å². The number of piperazine rings is 1. The van der Waals surface area contributed by atoms with Gasteiger partial charge in [-0.3, -0.25) is 14.5 Å². The average molecular weight is 577 g/mol. The standard InChI is InChI=1S/C37H44N4O2/c1-2-38-36(43)37(33-15-8-6-13-30(33)31-14-7-9-16-34(31)37)19-10-20-39-21-23-40(24-22-39)29-18-17-27-26-41(35(42)32(27)25-29)28-11-4-3-5-12-28/h6-9,13-18,25,28H,2-5,10-12,19-24,26H2,1H3,(H,38,43). The van der Waals surface area contributed by atoms with Gasteiger partial charge in [0.2, 0.25) is 5.91 Å². The van der Waals surface area contributed by atoms with Crippen molar-refractivity contribution in [3.63, 3.8) is 0 Å². The molecule has 0 spiro atoms. The molecule has 6 nitrogen and oxygen atoms in total. The lowest BCUT2D eigenvalue weighted by molar-refractivity contribution is -0.125. The van der Waals surface area contributed by atoms with E-state index < -0.39 is 5.41 Å². The zero-order valence-electron chi connectivity index (χ0n) is 25.5. The zero-order chi connectivity index (χ0) is 29.4. The summed E-state index contributed by atoms with van der Waals surface area (Å²) in [5, 5.41) is 3.18. The van der Waals surface area contributed by atoms with Gasteiger partial charge >= 0.3 is 0 Å². The number of anilines is 1. The number of carbonyl (C=O) groups excluding carboxylic acids is 2. The maximum Gasteiger partial charge on any atom is 0.254 e. The SMILES string of the molecule is CCNC(=O)C1(CCCN2CCN(c3ccc4c(c3)C(=O)N(C3CCCCC3)C4)CC2)c2ccccc2-c2ccccc21. The van der Waals surface area contributed by atoms with E-state index in [9.17, 15) is 9.59 Å². The lowest BCUT2D eigenvalue weighted by Crippen LogP contribution is -2.47. The van der Waals surface area contributed by atoms with Crippen LogP contribution in [-0.2, 0) is 16.8 Å². The maximum absolute atomic E-state index is 13.8. The molecule has 1 saturated carbocycles. The number of hydrogen-bond donors (Lipinski definition) is 1. The van der Waals surface area contributed by atoms with Gasteiger partial charge in [0.05, 0.1) is 0 Å². The van der Waals surface area contributed by atoms with Crippen molar-refractivity contribution in [2.45, 2.75) is 69.9 Å². The summed E-state index contributed by atoms with van der Waals surface area (Å²) in [6, 6.07) is 23.9. The fraction of sp³-hybridized carbons (Fsp3) is 0.459. The van der Waals surface area contributed by atoms with E-state index in [1.807, 2.05) is 6.92 Å². The van der Waals surface area contributed by atoms with Crippen LogP contribution in [0.4, 0.5) is 5.69 Å². The summed E-state index contributed by atoms with van der Waals surface area (Å²) in [5.74, 6) is 0.351. The predicted molar refractivity (Wildman–Crippen MR) is 172 cm³/mol. The fourth-order valence-corrected chi connectivity index (χ4v) is 8.26. The zero-order valence-corrected chi connectivity index (χ0v) is 25.5. The van der Waals surface area contributed by atoms with Crippen LogP contribution in [0, 0.1) is 0 Å². The number of likely N-dealkylation sites (N-methyl/N-ethyl adjacent to an activating group) is 1. The second-order valence-corrected chi connectivity index (χ2v) is 12.9. The molecular weight excluding hydrogens is 532 g/mol. The molecule has 0 radical (unpaired) electrons. The Kier molecular flexibility index (Phi) is 7.72. The van der Waals surface area contributed by atoms with Gasteiger partial charge in [0.25, 0.3) is 5.91 Å². The number of amides is 2. The minimum Gasteiger partial charge on any atom is -0.369 e. The van der Waals surface area contributed by atoms with Crippen molar-refractivity contribution in [2.75, 3.05) is 44.2 Å². The van der Waals surface area contributed by atoms with Gasteiger partial charge in [-0.05, 0) is 79.1 Å². The third kappa shape index (κ3) is 4.94. The van der Waals surface area contributed by atoms with Crippen LogP contribution in [0.15, 0.2) is 66.7 Å². The number of rotatable bonds is 8. The van der Waals surface area contributed by atoms with Crippen molar-refractivity contribution in [2.24, 2.45) is 0 Å². The molecule has 0 aromatic heterocycles. The van der Waals surface area contributed by atoms with E-state index >= 15 is 0 Å². The Morgan fingerprint density at radius 2 is 1.53 bits per heavy atom. The third-order valence-electron chi connectivity index (χ3n) is 10.5. The fourth-order valence-electron chi connectivity index (χ4n) is 8.26. The van der Waals surface area contributed by atoms with Crippen molar-refractivity contribution in [1.82, 2.24) is 15.1 Å². The largest absolute Gasteiger partial charge is 0.369 e. The van der Waals surface area contributed by atoms with Gasteiger partial charge in [-0.2, -0.15) is 0 Å². The van der Waals surface area contributed by atoms with E-state index in [-0.39, 0.29) is 11.8 Å². The highest BCUT2D eigenvalue weighted by atomic mass is 16.2. The molecular formula is C37H44N4O2. The second kappa shape index (κ2) is 11.8. The molecule has 2 amide bonds. The van der Waals surface area contributed by atoms with Crippen molar-refractivity contribution < 1.29 is 9.59 Å². The van der Waals surface area contributed by atoms with Crippen LogP contribution in [0.1, 0.15) is 78.9 Å². The Bertz CT molecular complexity index is 1460. The normalized spacial score (nSPS) is 19.7. The second-order valence-electron chi connectivity index (χ2n) is 12.9. The van der Waals surface area contributed by atoms with Crippen molar-refractivity contribution in [3.05, 3.63) is 89.0 Å². The molecule has 224 valence electrons. The average Bonchev–Trinajstić information content (AvgIpc) is 3.54. The Labute approximate surface area is 256 Å². The Balaban J connectivity index is 0.999. The highest BCUT2D eigenvalue weighted by molar-refractivity contribution is 6.01. The van der Waals surface area contributed by atoms with Gasteiger partial charge in [-0.15, -0.1) is 0 Å². The van der Waals surface area contributed by atoms with Crippen LogP contribution in [0.3, 0.4) is 0 Å². The summed E-state index contributed by atoms with van der Waals surface area (Å²) < 4.78 is 0. The van der Waals surface area contributed by atoms with E-state index in [1.54, 1.807) is 0 Å². The quantitative estimate of drug-likeness (QED) is 0.359. The van der Waals surface area contributed by atoms with Crippen molar-refractivity contribution >= 4 is 17.5 Å². The van der Waals surface area contributed by atoms with E-state index in [0.717, 1.165) is 81.6 Å². The van der Waals surface area contributed by atoms with Crippen molar-refractivity contribution in [1.29, 1.82) is 0 Å². The van der Waals surface area contributed by atoms with Crippen LogP contribution >= 0.6 is 0 Å². The first-order chi connectivity index (χ1) is 21.1. The molecule has 7 rings (SSSR count). The molecule has 3 aromatic carbocycles. The van der Waals surface area contributed by atoms with Crippen molar-refractivity contribution in [3.8, 4) is 11.1 Å². The van der Waals surface area contributed by atoms with Gasteiger partial charge in [-0.1, -0.05) is 73.9 Å². The molecule has 0 unspecified atom stereocenters. The van der Waals surface area contributed by atoms with Gasteiger partial charge in [-0.25, -0.2) is 0 Å². The molecule has 6 heteroatoms. The number of nitrogens with one attached hydrogen (secondary N) is 1. The molecule has 0 bridgehead atoms. The van der Waals surface area contributed by atoms with Gasteiger partial charge < -0.3 is 15.1 Å². The first kappa shape index (κ1) is 28.1. The summed E-state index contributed by atoms with van der Waals surface area (Å²) in [6.45, 7) is 8.25. The highest BCUT2D eigenvalue weighted by Crippen LogP contribution is 2.51. The van der Waals surface area contributed by atoms with Crippen LogP contribution in [-0.4, -0.2) is 66.9 Å². The predicted octanol–water partition coefficient (Wildman–Crippen LogP) is 5.98. The monoisotopic (exact) mass is 576 g/mol. The van der Waals surface area contributed by atoms with Crippen LogP contribution in [0.2, 0.25) is 0 Å². The number of benzene rings is 3. The van der Waals surface area contributed by atoms with Gasteiger partial charge in [0.1, 0.15) is 5.41 Å². The first-order valence-electron chi connectivity index (χ1n) is 16.5. The van der Waals surface area contributed by atoms with Crippen LogP contribution in [0.5, 0.6) is 0 Å². The van der Waals surface area contributed by atoms with E-state index in [4.69, 9.17) is 0 Å². The van der Waals surface area contributed by atoms with Crippen LogP contribution < -0.4 is 10.2 Å². The van der Waals surface area contributed by atoms with Gasteiger partial charge in [0.15, 0.2) is 0 Å². The van der Waals surface area contributed by atoms with Gasteiger partial charge in [0, 0.05) is 56.6 Å². The van der Waals surface area contributed by atoms with E-state index in [2.05, 4.69) is 86.7 Å². The summed E-state index contributed by atoms with van der Waals surface area (Å²) in [5.41, 5.74) is 7.28. The molecule has 4 aliphatic rings. The topological polar surface area (TPSA) is 55.9 Å². The maximum atomic E-state index is 13.8. The summed E-state index contributed by atoms with van der Waals surface area (Å²) >= 11 is 0. The molecule has 2 heterocycles. The number of fused-ring (bicyclic) bond motifs is 4. The summed E-state index contributed by atoms with van der Waals surface area (Å²) in [7, 11) is 0. The molecule has 1 N–H and O–H groups in total. The molecule has 0 atom stereocenters. The molecule has 2 aliphatic heterocycles. The molecule has 2 fully saturated rings. The summed E-state index contributed by atoms with van der Waals surface area (Å²) in [4.78, 5) is 34.3. The van der Waals surface area contributed by atoms with Crippen LogP contribution in [0.25, 0.3) is 11.1 Å². The Morgan fingerprint density at radius 1 is 0.860 bits per heavy atom. The lowest BCUT2D eigenvalue weighted by atomic mass is 9.73. The molecule has 1 saturated heterocycles. The number of carbonyl (C=O) groups is 2. The molecule has 2 aliphatic carbocycles. The molecule has 43 heavy (non-hydrogen) atoms.